The fourth-order valence-electron chi connectivity index (χ4n) is 3.76. The van der Waals surface area contributed by atoms with Gasteiger partial charge in [0.2, 0.25) is 0 Å². The SMILES string of the molecule is OC(COc1ccc2ccc3ccccc3c2c1)CN1CCCCC1. The Bertz CT molecular complexity index is 855. The Morgan fingerprint density at radius 2 is 1.60 bits per heavy atom. The van der Waals surface area contributed by atoms with Crippen LogP contribution in [-0.4, -0.2) is 42.4 Å². The molecule has 1 N–H and O–H groups in total. The van der Waals surface area contributed by atoms with E-state index in [4.69, 9.17) is 4.74 Å². The molecule has 1 aliphatic rings. The summed E-state index contributed by atoms with van der Waals surface area (Å²) < 4.78 is 5.89. The minimum absolute atomic E-state index is 0.340. The van der Waals surface area contributed by atoms with Gasteiger partial charge in [-0.3, -0.25) is 0 Å². The number of aliphatic hydroxyl groups excluding tert-OH is 1. The molecule has 1 aliphatic heterocycles. The Balaban J connectivity index is 1.47. The number of nitrogens with zero attached hydrogens (tertiary/aromatic N) is 1. The average molecular weight is 335 g/mol. The lowest BCUT2D eigenvalue weighted by Crippen LogP contribution is -2.38. The Morgan fingerprint density at radius 1 is 0.880 bits per heavy atom. The van der Waals surface area contributed by atoms with Crippen molar-refractivity contribution in [2.75, 3.05) is 26.2 Å². The van der Waals surface area contributed by atoms with Crippen molar-refractivity contribution >= 4 is 21.5 Å². The fourth-order valence-corrected chi connectivity index (χ4v) is 3.76. The smallest absolute Gasteiger partial charge is 0.120 e. The van der Waals surface area contributed by atoms with Crippen LogP contribution < -0.4 is 4.74 Å². The van der Waals surface area contributed by atoms with Gasteiger partial charge in [-0.1, -0.05) is 48.9 Å². The molecule has 4 rings (SSSR count). The van der Waals surface area contributed by atoms with Crippen molar-refractivity contribution < 1.29 is 9.84 Å². The number of likely N-dealkylation sites (tertiary alicyclic amines) is 1. The van der Waals surface area contributed by atoms with Crippen molar-refractivity contribution in [3.63, 3.8) is 0 Å². The summed E-state index contributed by atoms with van der Waals surface area (Å²) in [5.41, 5.74) is 0. The van der Waals surface area contributed by atoms with Gasteiger partial charge in [0.25, 0.3) is 0 Å². The molecule has 3 nitrogen and oxygen atoms in total. The molecule has 0 amide bonds. The Labute approximate surface area is 148 Å². The van der Waals surface area contributed by atoms with Crippen LogP contribution in [0, 0.1) is 0 Å². The highest BCUT2D eigenvalue weighted by Crippen LogP contribution is 2.28. The quantitative estimate of drug-likeness (QED) is 0.709. The number of hydrogen-bond donors (Lipinski definition) is 1. The lowest BCUT2D eigenvalue weighted by Gasteiger charge is -2.28. The molecule has 0 saturated carbocycles. The van der Waals surface area contributed by atoms with Gasteiger partial charge in [0, 0.05) is 6.54 Å². The summed E-state index contributed by atoms with van der Waals surface area (Å²) >= 11 is 0. The maximum atomic E-state index is 10.3. The molecule has 3 aromatic rings. The second-order valence-corrected chi connectivity index (χ2v) is 7.00. The lowest BCUT2D eigenvalue weighted by atomic mass is 10.0. The van der Waals surface area contributed by atoms with Crippen molar-refractivity contribution in [1.29, 1.82) is 0 Å². The van der Waals surface area contributed by atoms with Crippen molar-refractivity contribution in [2.24, 2.45) is 0 Å². The van der Waals surface area contributed by atoms with Crippen LogP contribution in [-0.2, 0) is 0 Å². The first-order valence-corrected chi connectivity index (χ1v) is 9.24. The maximum absolute atomic E-state index is 10.3. The molecular weight excluding hydrogens is 310 g/mol. The van der Waals surface area contributed by atoms with Gasteiger partial charge in [0.15, 0.2) is 0 Å². The van der Waals surface area contributed by atoms with E-state index in [0.29, 0.717) is 13.2 Å². The maximum Gasteiger partial charge on any atom is 0.120 e. The average Bonchev–Trinajstić information content (AvgIpc) is 2.67. The number of aliphatic hydroxyl groups is 1. The molecule has 1 unspecified atom stereocenters. The highest BCUT2D eigenvalue weighted by Gasteiger charge is 2.15. The molecular formula is C22H25NO2. The van der Waals surface area contributed by atoms with Gasteiger partial charge in [-0.25, -0.2) is 0 Å². The number of fused-ring (bicyclic) bond motifs is 3. The normalized spacial score (nSPS) is 17.0. The van der Waals surface area contributed by atoms with E-state index in [0.717, 1.165) is 18.8 Å². The topological polar surface area (TPSA) is 32.7 Å². The largest absolute Gasteiger partial charge is 0.491 e. The van der Waals surface area contributed by atoms with E-state index in [-0.39, 0.29) is 0 Å². The van der Waals surface area contributed by atoms with Gasteiger partial charge in [-0.15, -0.1) is 0 Å². The van der Waals surface area contributed by atoms with Gasteiger partial charge in [0.1, 0.15) is 18.5 Å². The summed E-state index contributed by atoms with van der Waals surface area (Å²) in [6, 6.07) is 18.9. The van der Waals surface area contributed by atoms with E-state index in [1.165, 1.54) is 40.8 Å². The monoisotopic (exact) mass is 335 g/mol. The third kappa shape index (κ3) is 3.78. The summed E-state index contributed by atoms with van der Waals surface area (Å²) in [6.07, 6.45) is 3.35. The number of rotatable bonds is 5. The molecule has 3 aromatic carbocycles. The first kappa shape index (κ1) is 16.4. The van der Waals surface area contributed by atoms with E-state index >= 15 is 0 Å². The van der Waals surface area contributed by atoms with Crippen molar-refractivity contribution in [1.82, 2.24) is 4.90 Å². The van der Waals surface area contributed by atoms with E-state index in [1.807, 2.05) is 6.07 Å². The summed E-state index contributed by atoms with van der Waals surface area (Å²) in [5.74, 6) is 0.821. The molecule has 1 fully saturated rings. The third-order valence-corrected chi connectivity index (χ3v) is 5.08. The van der Waals surface area contributed by atoms with Crippen LogP contribution in [0.3, 0.4) is 0 Å². The molecule has 0 aromatic heterocycles. The van der Waals surface area contributed by atoms with Crippen LogP contribution in [0.2, 0.25) is 0 Å². The predicted molar refractivity (Wildman–Crippen MR) is 103 cm³/mol. The highest BCUT2D eigenvalue weighted by atomic mass is 16.5. The van der Waals surface area contributed by atoms with E-state index in [2.05, 4.69) is 53.4 Å². The van der Waals surface area contributed by atoms with Crippen LogP contribution in [0.15, 0.2) is 54.6 Å². The first-order chi connectivity index (χ1) is 12.3. The van der Waals surface area contributed by atoms with Crippen LogP contribution in [0.5, 0.6) is 5.75 Å². The molecule has 0 spiro atoms. The third-order valence-electron chi connectivity index (χ3n) is 5.08. The lowest BCUT2D eigenvalue weighted by molar-refractivity contribution is 0.0618. The van der Waals surface area contributed by atoms with Crippen molar-refractivity contribution in [3.8, 4) is 5.75 Å². The predicted octanol–water partition coefficient (Wildman–Crippen LogP) is 4.22. The van der Waals surface area contributed by atoms with Gasteiger partial charge >= 0.3 is 0 Å². The molecule has 0 radical (unpaired) electrons. The van der Waals surface area contributed by atoms with Gasteiger partial charge in [-0.2, -0.15) is 0 Å². The zero-order chi connectivity index (χ0) is 17.1. The highest BCUT2D eigenvalue weighted by molar-refractivity contribution is 6.07. The molecule has 1 heterocycles. The minimum atomic E-state index is -0.443. The molecule has 3 heteroatoms. The van der Waals surface area contributed by atoms with Gasteiger partial charge in [0.05, 0.1) is 0 Å². The Kier molecular flexibility index (Phi) is 4.86. The molecule has 0 bridgehead atoms. The van der Waals surface area contributed by atoms with E-state index < -0.39 is 6.10 Å². The fraction of sp³-hybridized carbons (Fsp3) is 0.364. The zero-order valence-electron chi connectivity index (χ0n) is 14.5. The summed E-state index contributed by atoms with van der Waals surface area (Å²) in [6.45, 7) is 3.24. The molecule has 1 saturated heterocycles. The van der Waals surface area contributed by atoms with E-state index in [1.54, 1.807) is 0 Å². The Hall–Kier alpha value is -2.10. The molecule has 1 atom stereocenters. The number of hydrogen-bond acceptors (Lipinski definition) is 3. The summed E-state index contributed by atoms with van der Waals surface area (Å²) in [5, 5.41) is 15.2. The molecule has 130 valence electrons. The van der Waals surface area contributed by atoms with Crippen LogP contribution >= 0.6 is 0 Å². The number of β-amino-alcohol motifs (C(OH)–C–C–N with tert-alkyl or cyclic N) is 1. The summed E-state index contributed by atoms with van der Waals surface area (Å²) in [4.78, 5) is 2.34. The minimum Gasteiger partial charge on any atom is -0.491 e. The van der Waals surface area contributed by atoms with Crippen molar-refractivity contribution in [2.45, 2.75) is 25.4 Å². The number of piperidine rings is 1. The van der Waals surface area contributed by atoms with Crippen LogP contribution in [0.4, 0.5) is 0 Å². The second kappa shape index (κ2) is 7.42. The van der Waals surface area contributed by atoms with Crippen LogP contribution in [0.25, 0.3) is 21.5 Å². The first-order valence-electron chi connectivity index (χ1n) is 9.24. The van der Waals surface area contributed by atoms with E-state index in [9.17, 15) is 5.11 Å². The van der Waals surface area contributed by atoms with Gasteiger partial charge in [-0.05, 0) is 59.6 Å². The molecule has 25 heavy (non-hydrogen) atoms. The van der Waals surface area contributed by atoms with Crippen LogP contribution in [0.1, 0.15) is 19.3 Å². The van der Waals surface area contributed by atoms with Gasteiger partial charge < -0.3 is 14.7 Å². The number of ether oxygens (including phenoxy) is 1. The zero-order valence-corrected chi connectivity index (χ0v) is 14.5. The standard InChI is InChI=1S/C22H25NO2/c24-19(15-23-12-4-1-5-13-23)16-25-20-11-10-18-9-8-17-6-2-3-7-21(17)22(18)14-20/h2-3,6-11,14,19,24H,1,4-5,12-13,15-16H2. The Morgan fingerprint density at radius 3 is 2.44 bits per heavy atom. The second-order valence-electron chi connectivity index (χ2n) is 7.00. The van der Waals surface area contributed by atoms with Crippen molar-refractivity contribution in [3.05, 3.63) is 54.6 Å². The number of benzene rings is 3. The molecule has 0 aliphatic carbocycles. The summed E-state index contributed by atoms with van der Waals surface area (Å²) in [7, 11) is 0.